The first-order valence-corrected chi connectivity index (χ1v) is 6.67. The Morgan fingerprint density at radius 3 is 2.85 bits per heavy atom. The fourth-order valence-electron chi connectivity index (χ4n) is 1.93. The maximum atomic E-state index is 11.3. The van der Waals surface area contributed by atoms with Crippen LogP contribution in [0, 0.1) is 18.3 Å². The van der Waals surface area contributed by atoms with E-state index in [-0.39, 0.29) is 0 Å². The minimum absolute atomic E-state index is 0.471. The van der Waals surface area contributed by atoms with Crippen molar-refractivity contribution in [1.29, 1.82) is 5.26 Å². The van der Waals surface area contributed by atoms with Crippen LogP contribution in [-0.4, -0.2) is 19.9 Å². The molecule has 0 spiro atoms. The fraction of sp³-hybridized carbons (Fsp3) is 0.154. The summed E-state index contributed by atoms with van der Waals surface area (Å²) in [5.74, 6) is -0.609. The minimum atomic E-state index is -0.609. The molecule has 3 rings (SSSR count). The highest BCUT2D eigenvalue weighted by Crippen LogP contribution is 2.30. The van der Waals surface area contributed by atoms with Gasteiger partial charge in [-0.05, 0) is 19.1 Å². The summed E-state index contributed by atoms with van der Waals surface area (Å²) < 4.78 is 0.976. The molecule has 7 heteroatoms. The molecule has 3 aromatic rings. The van der Waals surface area contributed by atoms with E-state index in [1.165, 1.54) is 17.5 Å². The Morgan fingerprint density at radius 1 is 1.35 bits per heavy atom. The predicted octanol–water partition coefficient (Wildman–Crippen LogP) is 1.74. The van der Waals surface area contributed by atoms with Crippen molar-refractivity contribution < 1.29 is 0 Å². The number of rotatable bonds is 2. The second-order valence-electron chi connectivity index (χ2n) is 4.19. The van der Waals surface area contributed by atoms with E-state index >= 15 is 0 Å². The van der Waals surface area contributed by atoms with Gasteiger partial charge in [-0.25, -0.2) is 14.8 Å². The van der Waals surface area contributed by atoms with Crippen molar-refractivity contribution >= 4 is 21.6 Å². The zero-order valence-electron chi connectivity index (χ0n) is 10.5. The van der Waals surface area contributed by atoms with E-state index < -0.39 is 11.6 Å². The first-order chi connectivity index (χ1) is 9.69. The quantitative estimate of drug-likeness (QED) is 0.772. The molecule has 1 unspecified atom stereocenters. The first-order valence-electron chi connectivity index (χ1n) is 5.86. The van der Waals surface area contributed by atoms with Crippen LogP contribution < -0.4 is 5.69 Å². The van der Waals surface area contributed by atoms with Crippen LogP contribution in [0.1, 0.15) is 22.3 Å². The zero-order chi connectivity index (χ0) is 14.1. The zero-order valence-corrected chi connectivity index (χ0v) is 11.3. The Kier molecular flexibility index (Phi) is 3.00. The number of aromatic amines is 1. The number of aryl methyl sites for hydroxylation is 1. The summed E-state index contributed by atoms with van der Waals surface area (Å²) in [6.07, 6.45) is 3.11. The minimum Gasteiger partial charge on any atom is -0.308 e. The lowest BCUT2D eigenvalue weighted by Gasteiger charge is -2.04. The predicted molar refractivity (Wildman–Crippen MR) is 74.5 cm³/mol. The van der Waals surface area contributed by atoms with Crippen LogP contribution in [-0.2, 0) is 0 Å². The average Bonchev–Trinajstić information content (AvgIpc) is 2.85. The summed E-state index contributed by atoms with van der Waals surface area (Å²) in [6.45, 7) is 1.88. The Labute approximate surface area is 117 Å². The summed E-state index contributed by atoms with van der Waals surface area (Å²) in [5.41, 5.74) is 1.65. The van der Waals surface area contributed by atoms with Crippen molar-refractivity contribution in [3.8, 4) is 6.07 Å². The Balaban J connectivity index is 2.15. The van der Waals surface area contributed by atoms with E-state index in [4.69, 9.17) is 0 Å². The molecule has 1 N–H and O–H groups in total. The van der Waals surface area contributed by atoms with Crippen molar-refractivity contribution in [3.63, 3.8) is 0 Å². The first kappa shape index (κ1) is 12.4. The van der Waals surface area contributed by atoms with Crippen molar-refractivity contribution in [2.75, 3.05) is 0 Å². The van der Waals surface area contributed by atoms with Gasteiger partial charge in [-0.3, -0.25) is 4.98 Å². The van der Waals surface area contributed by atoms with Crippen molar-refractivity contribution in [3.05, 3.63) is 51.4 Å². The van der Waals surface area contributed by atoms with Gasteiger partial charge in [0.1, 0.15) is 16.4 Å². The molecule has 0 amide bonds. The SMILES string of the molecule is Cc1nccc2sc(C(C#N)c3ccnc(=O)[nH]3)nc12. The van der Waals surface area contributed by atoms with Crippen LogP contribution in [0.2, 0.25) is 0 Å². The van der Waals surface area contributed by atoms with Gasteiger partial charge in [0.15, 0.2) is 0 Å². The van der Waals surface area contributed by atoms with Crippen LogP contribution in [0.5, 0.6) is 0 Å². The van der Waals surface area contributed by atoms with Gasteiger partial charge in [-0.15, -0.1) is 11.3 Å². The molecule has 6 nitrogen and oxygen atoms in total. The summed E-state index contributed by atoms with van der Waals surface area (Å²) in [4.78, 5) is 26.1. The molecular weight excluding hydrogens is 274 g/mol. The third-order valence-corrected chi connectivity index (χ3v) is 3.98. The van der Waals surface area contributed by atoms with Crippen molar-refractivity contribution in [2.24, 2.45) is 0 Å². The fourth-order valence-corrected chi connectivity index (χ4v) is 3.01. The van der Waals surface area contributed by atoms with Gasteiger partial charge in [0.2, 0.25) is 0 Å². The monoisotopic (exact) mass is 283 g/mol. The number of aromatic nitrogens is 4. The molecule has 3 aromatic heterocycles. The number of thiazole rings is 1. The summed E-state index contributed by atoms with van der Waals surface area (Å²) >= 11 is 1.43. The average molecular weight is 283 g/mol. The molecule has 0 fully saturated rings. The number of nitrogens with zero attached hydrogens (tertiary/aromatic N) is 4. The number of hydrogen-bond acceptors (Lipinski definition) is 6. The summed E-state index contributed by atoms with van der Waals surface area (Å²) in [6, 6.07) is 5.66. The van der Waals surface area contributed by atoms with Gasteiger partial charge in [-0.2, -0.15) is 5.26 Å². The third-order valence-electron chi connectivity index (χ3n) is 2.89. The topological polar surface area (TPSA) is 95.3 Å². The van der Waals surface area contributed by atoms with Crippen LogP contribution in [0.4, 0.5) is 0 Å². The van der Waals surface area contributed by atoms with Crippen LogP contribution in [0.25, 0.3) is 10.2 Å². The number of fused-ring (bicyclic) bond motifs is 1. The molecule has 0 aromatic carbocycles. The molecule has 0 saturated heterocycles. The van der Waals surface area contributed by atoms with Crippen LogP contribution in [0.3, 0.4) is 0 Å². The molecule has 0 aliphatic carbocycles. The van der Waals surface area contributed by atoms with Gasteiger partial charge in [0.25, 0.3) is 0 Å². The van der Waals surface area contributed by atoms with E-state index in [1.54, 1.807) is 12.3 Å². The van der Waals surface area contributed by atoms with E-state index in [1.807, 2.05) is 13.0 Å². The molecular formula is C13H9N5OS. The molecule has 3 heterocycles. The second kappa shape index (κ2) is 4.83. The van der Waals surface area contributed by atoms with Gasteiger partial charge in [0, 0.05) is 18.1 Å². The highest BCUT2D eigenvalue weighted by molar-refractivity contribution is 7.18. The van der Waals surface area contributed by atoms with Gasteiger partial charge >= 0.3 is 5.69 Å². The van der Waals surface area contributed by atoms with Crippen molar-refractivity contribution in [2.45, 2.75) is 12.8 Å². The second-order valence-corrected chi connectivity index (χ2v) is 5.25. The van der Waals surface area contributed by atoms with E-state index in [0.717, 1.165) is 15.9 Å². The lowest BCUT2D eigenvalue weighted by molar-refractivity contribution is 0.907. The maximum Gasteiger partial charge on any atom is 0.345 e. The smallest absolute Gasteiger partial charge is 0.308 e. The van der Waals surface area contributed by atoms with Gasteiger partial charge in [-0.1, -0.05) is 0 Å². The lowest BCUT2D eigenvalue weighted by Crippen LogP contribution is -2.13. The standard InChI is InChI=1S/C13H9N5OS/c1-7-11-10(3-5-15-7)20-12(18-11)8(6-14)9-2-4-16-13(19)17-9/h2-5,8H,1H3,(H,16,17,19). The number of H-pyrrole nitrogens is 1. The Morgan fingerprint density at radius 2 is 2.15 bits per heavy atom. The van der Waals surface area contributed by atoms with E-state index in [9.17, 15) is 10.1 Å². The van der Waals surface area contributed by atoms with Crippen LogP contribution >= 0.6 is 11.3 Å². The van der Waals surface area contributed by atoms with E-state index in [0.29, 0.717) is 10.7 Å². The molecule has 0 saturated carbocycles. The number of nitrogens with one attached hydrogen (secondary N) is 1. The Bertz CT molecular complexity index is 876. The number of pyridine rings is 1. The summed E-state index contributed by atoms with van der Waals surface area (Å²) in [5, 5.41) is 10.0. The van der Waals surface area contributed by atoms with Crippen LogP contribution in [0.15, 0.2) is 29.3 Å². The molecule has 98 valence electrons. The number of hydrogen-bond donors (Lipinski definition) is 1. The van der Waals surface area contributed by atoms with Crippen molar-refractivity contribution in [1.82, 2.24) is 19.9 Å². The normalized spacial score (nSPS) is 12.2. The lowest BCUT2D eigenvalue weighted by atomic mass is 10.1. The molecule has 0 bridgehead atoms. The highest BCUT2D eigenvalue weighted by atomic mass is 32.1. The highest BCUT2D eigenvalue weighted by Gasteiger charge is 2.19. The van der Waals surface area contributed by atoms with Gasteiger partial charge in [0.05, 0.1) is 16.5 Å². The molecule has 0 radical (unpaired) electrons. The molecule has 0 aliphatic rings. The largest absolute Gasteiger partial charge is 0.345 e. The van der Waals surface area contributed by atoms with E-state index in [2.05, 4.69) is 26.0 Å². The molecule has 0 aliphatic heterocycles. The molecule has 20 heavy (non-hydrogen) atoms. The third kappa shape index (κ3) is 2.06. The molecule has 1 atom stereocenters. The number of nitriles is 1. The maximum absolute atomic E-state index is 11.3. The van der Waals surface area contributed by atoms with Gasteiger partial charge < -0.3 is 4.98 Å². The summed E-state index contributed by atoms with van der Waals surface area (Å²) in [7, 11) is 0. The Hall–Kier alpha value is -2.59.